The van der Waals surface area contributed by atoms with Gasteiger partial charge in [0.25, 0.3) is 0 Å². The quantitative estimate of drug-likeness (QED) is 0.877. The van der Waals surface area contributed by atoms with Crippen LogP contribution in [0.1, 0.15) is 31.2 Å². The Labute approximate surface area is 125 Å². The van der Waals surface area contributed by atoms with Gasteiger partial charge in [-0.3, -0.25) is 0 Å². The molecule has 1 aromatic rings. The van der Waals surface area contributed by atoms with Crippen molar-refractivity contribution < 1.29 is 13.5 Å². The van der Waals surface area contributed by atoms with Crippen molar-refractivity contribution in [2.45, 2.75) is 43.5 Å². The van der Waals surface area contributed by atoms with Crippen molar-refractivity contribution in [3.05, 3.63) is 28.8 Å². The average molecular weight is 318 g/mol. The second-order valence-electron chi connectivity index (χ2n) is 5.21. The smallest absolute Gasteiger partial charge is 0.244 e. The third-order valence-corrected chi connectivity index (χ3v) is 6.13. The first-order chi connectivity index (χ1) is 9.46. The van der Waals surface area contributed by atoms with Crippen molar-refractivity contribution in [1.29, 1.82) is 0 Å². The van der Waals surface area contributed by atoms with Crippen LogP contribution in [0.15, 0.2) is 23.1 Å². The molecule has 4 nitrogen and oxygen atoms in total. The van der Waals surface area contributed by atoms with Gasteiger partial charge in [0.1, 0.15) is 4.90 Å². The molecule has 0 unspecified atom stereocenters. The van der Waals surface area contributed by atoms with Gasteiger partial charge in [-0.05, 0) is 43.9 Å². The molecule has 20 heavy (non-hydrogen) atoms. The van der Waals surface area contributed by atoms with Crippen molar-refractivity contribution in [3.8, 4) is 0 Å². The molecule has 2 rings (SSSR count). The highest BCUT2D eigenvalue weighted by atomic mass is 35.5. The van der Waals surface area contributed by atoms with Crippen LogP contribution in [-0.4, -0.2) is 37.0 Å². The summed E-state index contributed by atoms with van der Waals surface area (Å²) in [4.78, 5) is 0.162. The zero-order valence-corrected chi connectivity index (χ0v) is 13.1. The molecule has 0 amide bonds. The Bertz CT molecular complexity index is 570. The van der Waals surface area contributed by atoms with Crippen LogP contribution in [0, 0.1) is 6.92 Å². The monoisotopic (exact) mass is 317 g/mol. The second-order valence-corrected chi connectivity index (χ2v) is 7.48. The first kappa shape index (κ1) is 15.8. The molecule has 0 aromatic heterocycles. The molecule has 0 atom stereocenters. The van der Waals surface area contributed by atoms with E-state index in [2.05, 4.69) is 0 Å². The summed E-state index contributed by atoms with van der Waals surface area (Å²) < 4.78 is 27.0. The molecular formula is C14H20ClNO3S. The molecule has 0 spiro atoms. The van der Waals surface area contributed by atoms with E-state index in [-0.39, 0.29) is 22.6 Å². The summed E-state index contributed by atoms with van der Waals surface area (Å²) in [6.07, 6.45) is 3.26. The molecule has 0 aliphatic heterocycles. The molecule has 1 N–H and O–H groups in total. The Kier molecular flexibility index (Phi) is 5.07. The van der Waals surface area contributed by atoms with E-state index >= 15 is 0 Å². The fraction of sp³-hybridized carbons (Fsp3) is 0.571. The summed E-state index contributed by atoms with van der Waals surface area (Å²) in [5, 5.41) is 9.23. The summed E-state index contributed by atoms with van der Waals surface area (Å²) >= 11 is 6.10. The van der Waals surface area contributed by atoms with Gasteiger partial charge in [-0.25, -0.2) is 8.42 Å². The predicted molar refractivity (Wildman–Crippen MR) is 79.4 cm³/mol. The topological polar surface area (TPSA) is 57.6 Å². The van der Waals surface area contributed by atoms with Crippen molar-refractivity contribution in [3.63, 3.8) is 0 Å². The Morgan fingerprint density at radius 2 is 2.10 bits per heavy atom. The minimum Gasteiger partial charge on any atom is -0.396 e. The Morgan fingerprint density at radius 3 is 2.60 bits per heavy atom. The standard InChI is InChI=1S/C14H20ClNO3S/c1-11-6-7-14(13(15)10-11)20(18,19)16(8-3-9-17)12-4-2-5-12/h6-7,10,12,17H,2-5,8-9H2,1H3. The van der Waals surface area contributed by atoms with Crippen molar-refractivity contribution in [1.82, 2.24) is 4.31 Å². The lowest BCUT2D eigenvalue weighted by atomic mass is 9.93. The molecule has 0 heterocycles. The number of rotatable bonds is 6. The summed E-state index contributed by atoms with van der Waals surface area (Å²) in [5.74, 6) is 0. The fourth-order valence-corrected chi connectivity index (χ4v) is 4.64. The van der Waals surface area contributed by atoms with Gasteiger partial charge >= 0.3 is 0 Å². The number of hydrogen-bond donors (Lipinski definition) is 1. The lowest BCUT2D eigenvalue weighted by Crippen LogP contribution is -2.44. The predicted octanol–water partition coefficient (Wildman–Crippen LogP) is 2.57. The molecule has 112 valence electrons. The molecule has 0 saturated heterocycles. The number of sulfonamides is 1. The highest BCUT2D eigenvalue weighted by molar-refractivity contribution is 7.89. The maximum Gasteiger partial charge on any atom is 0.244 e. The summed E-state index contributed by atoms with van der Waals surface area (Å²) in [5.41, 5.74) is 0.930. The zero-order chi connectivity index (χ0) is 14.8. The lowest BCUT2D eigenvalue weighted by molar-refractivity contribution is 0.198. The highest BCUT2D eigenvalue weighted by Crippen LogP contribution is 2.32. The van der Waals surface area contributed by atoms with E-state index in [1.165, 1.54) is 4.31 Å². The zero-order valence-electron chi connectivity index (χ0n) is 11.5. The fourth-order valence-electron chi connectivity index (χ4n) is 2.34. The second kappa shape index (κ2) is 6.43. The number of hydrogen-bond acceptors (Lipinski definition) is 3. The maximum absolute atomic E-state index is 12.8. The molecule has 0 bridgehead atoms. The number of aryl methyl sites for hydroxylation is 1. The molecule has 0 radical (unpaired) electrons. The third kappa shape index (κ3) is 3.17. The van der Waals surface area contributed by atoms with Gasteiger partial charge in [0.15, 0.2) is 0 Å². The number of aliphatic hydroxyl groups excluding tert-OH is 1. The minimum absolute atomic E-state index is 0.0135. The van der Waals surface area contributed by atoms with E-state index in [0.717, 1.165) is 24.8 Å². The molecular weight excluding hydrogens is 298 g/mol. The Hall–Kier alpha value is -0.620. The number of aliphatic hydroxyl groups is 1. The molecule has 6 heteroatoms. The van der Waals surface area contributed by atoms with Gasteiger partial charge in [-0.1, -0.05) is 24.1 Å². The number of nitrogens with zero attached hydrogens (tertiary/aromatic N) is 1. The van der Waals surface area contributed by atoms with Crippen LogP contribution in [0.3, 0.4) is 0 Å². The SMILES string of the molecule is Cc1ccc(S(=O)(=O)N(CCCO)C2CCC2)c(Cl)c1. The summed E-state index contributed by atoms with van der Waals surface area (Å²) in [7, 11) is -3.59. The highest BCUT2D eigenvalue weighted by Gasteiger charge is 2.35. The van der Waals surface area contributed by atoms with E-state index in [4.69, 9.17) is 16.7 Å². The molecule has 1 aliphatic carbocycles. The van der Waals surface area contributed by atoms with Crippen molar-refractivity contribution in [2.75, 3.05) is 13.2 Å². The van der Waals surface area contributed by atoms with Crippen LogP contribution in [0.4, 0.5) is 0 Å². The third-order valence-electron chi connectivity index (χ3n) is 3.69. The molecule has 1 fully saturated rings. The van der Waals surface area contributed by atoms with Crippen LogP contribution < -0.4 is 0 Å². The van der Waals surface area contributed by atoms with E-state index < -0.39 is 10.0 Å². The largest absolute Gasteiger partial charge is 0.396 e. The minimum atomic E-state index is -3.59. The number of halogens is 1. The first-order valence-electron chi connectivity index (χ1n) is 6.85. The normalized spacial score (nSPS) is 16.4. The summed E-state index contributed by atoms with van der Waals surface area (Å²) in [6.45, 7) is 2.20. The van der Waals surface area contributed by atoms with Gasteiger partial charge in [0.2, 0.25) is 10.0 Å². The van der Waals surface area contributed by atoms with Crippen LogP contribution >= 0.6 is 11.6 Å². The van der Waals surface area contributed by atoms with E-state index in [0.29, 0.717) is 13.0 Å². The maximum atomic E-state index is 12.8. The first-order valence-corrected chi connectivity index (χ1v) is 8.67. The number of benzene rings is 1. The van der Waals surface area contributed by atoms with Gasteiger partial charge in [0, 0.05) is 19.2 Å². The Morgan fingerprint density at radius 1 is 1.40 bits per heavy atom. The Balaban J connectivity index is 2.33. The van der Waals surface area contributed by atoms with E-state index in [9.17, 15) is 8.42 Å². The van der Waals surface area contributed by atoms with Crippen LogP contribution in [0.5, 0.6) is 0 Å². The van der Waals surface area contributed by atoms with Crippen LogP contribution in [0.2, 0.25) is 5.02 Å². The van der Waals surface area contributed by atoms with E-state index in [1.807, 2.05) is 6.92 Å². The summed E-state index contributed by atoms with van der Waals surface area (Å²) in [6, 6.07) is 5.03. The lowest BCUT2D eigenvalue weighted by Gasteiger charge is -2.36. The molecule has 1 aromatic carbocycles. The molecule has 1 aliphatic rings. The molecule has 1 saturated carbocycles. The van der Waals surface area contributed by atoms with Crippen LogP contribution in [-0.2, 0) is 10.0 Å². The van der Waals surface area contributed by atoms with Crippen LogP contribution in [0.25, 0.3) is 0 Å². The van der Waals surface area contributed by atoms with E-state index in [1.54, 1.807) is 18.2 Å². The van der Waals surface area contributed by atoms with Crippen molar-refractivity contribution >= 4 is 21.6 Å². The van der Waals surface area contributed by atoms with Crippen molar-refractivity contribution in [2.24, 2.45) is 0 Å². The van der Waals surface area contributed by atoms with Gasteiger partial charge < -0.3 is 5.11 Å². The van der Waals surface area contributed by atoms with Gasteiger partial charge in [0.05, 0.1) is 5.02 Å². The van der Waals surface area contributed by atoms with Gasteiger partial charge in [-0.15, -0.1) is 0 Å². The van der Waals surface area contributed by atoms with Gasteiger partial charge in [-0.2, -0.15) is 4.31 Å². The average Bonchev–Trinajstić information content (AvgIpc) is 2.31.